The Kier molecular flexibility index (Phi) is 4.61. The Balaban J connectivity index is 2.20. The molecule has 0 unspecified atom stereocenters. The highest BCUT2D eigenvalue weighted by Gasteiger charge is 2.14. The van der Waals surface area contributed by atoms with E-state index < -0.39 is 17.5 Å². The van der Waals surface area contributed by atoms with Crippen molar-refractivity contribution < 1.29 is 8.78 Å². The molecule has 0 saturated carbocycles. The van der Waals surface area contributed by atoms with Crippen molar-refractivity contribution in [1.29, 1.82) is 0 Å². The Morgan fingerprint density at radius 2 is 2.00 bits per heavy atom. The molecule has 0 atom stereocenters. The number of aromatic amines is 2. The maximum absolute atomic E-state index is 12.9. The molecule has 0 aliphatic heterocycles. The standard InChI is InChI=1S/C12H9ClF2N2O2S/c13-6-1-2-9(8(3-6)10(14)15)20-5-7-4-16-11(18)12(19)17-7/h1-4,10H,5H2,(H,16,18)(H,17,19). The third kappa shape index (κ3) is 3.49. The molecule has 1 aromatic carbocycles. The smallest absolute Gasteiger partial charge is 0.313 e. The number of H-pyrrole nitrogens is 2. The Hall–Kier alpha value is -1.60. The first kappa shape index (κ1) is 14.8. The Labute approximate surface area is 121 Å². The lowest BCUT2D eigenvalue weighted by molar-refractivity contribution is 0.148. The molecule has 0 radical (unpaired) electrons. The average molecular weight is 319 g/mol. The zero-order chi connectivity index (χ0) is 14.7. The van der Waals surface area contributed by atoms with Gasteiger partial charge in [-0.05, 0) is 18.2 Å². The summed E-state index contributed by atoms with van der Waals surface area (Å²) in [6, 6.07) is 4.23. The molecule has 0 bridgehead atoms. The van der Waals surface area contributed by atoms with Crippen molar-refractivity contribution in [2.24, 2.45) is 0 Å². The molecule has 2 rings (SSSR count). The Bertz CT molecular complexity index is 730. The molecular weight excluding hydrogens is 310 g/mol. The maximum atomic E-state index is 12.9. The second-order valence-electron chi connectivity index (χ2n) is 3.87. The van der Waals surface area contributed by atoms with Gasteiger partial charge in [0.15, 0.2) is 0 Å². The summed E-state index contributed by atoms with van der Waals surface area (Å²) in [4.78, 5) is 27.0. The summed E-state index contributed by atoms with van der Waals surface area (Å²) in [5.41, 5.74) is -1.24. The van der Waals surface area contributed by atoms with E-state index in [1.807, 2.05) is 0 Å². The van der Waals surface area contributed by atoms with E-state index in [0.29, 0.717) is 10.6 Å². The van der Waals surface area contributed by atoms with Crippen LogP contribution < -0.4 is 11.1 Å². The number of halogens is 3. The van der Waals surface area contributed by atoms with E-state index in [9.17, 15) is 18.4 Å². The van der Waals surface area contributed by atoms with Gasteiger partial charge in [0, 0.05) is 33.1 Å². The lowest BCUT2D eigenvalue weighted by Gasteiger charge is -2.08. The number of hydrogen-bond donors (Lipinski definition) is 2. The summed E-state index contributed by atoms with van der Waals surface area (Å²) >= 11 is 6.81. The topological polar surface area (TPSA) is 65.7 Å². The van der Waals surface area contributed by atoms with Crippen molar-refractivity contribution in [1.82, 2.24) is 9.97 Å². The normalized spacial score (nSPS) is 11.0. The molecule has 0 spiro atoms. The Morgan fingerprint density at radius 1 is 1.25 bits per heavy atom. The number of rotatable bonds is 4. The molecule has 0 aliphatic carbocycles. The van der Waals surface area contributed by atoms with Crippen LogP contribution in [0.3, 0.4) is 0 Å². The number of aromatic nitrogens is 2. The van der Waals surface area contributed by atoms with Crippen molar-refractivity contribution in [2.75, 3.05) is 0 Å². The minimum atomic E-state index is -2.63. The molecule has 0 aliphatic rings. The van der Waals surface area contributed by atoms with Gasteiger partial charge in [-0.2, -0.15) is 0 Å². The van der Waals surface area contributed by atoms with Gasteiger partial charge < -0.3 is 9.97 Å². The number of hydrogen-bond acceptors (Lipinski definition) is 3. The first-order valence-corrected chi connectivity index (χ1v) is 6.85. The van der Waals surface area contributed by atoms with Crippen LogP contribution in [0, 0.1) is 0 Å². The molecule has 0 fully saturated rings. The number of benzene rings is 1. The SMILES string of the molecule is O=c1[nH]cc(CSc2ccc(Cl)cc2C(F)F)[nH]c1=O. The fraction of sp³-hybridized carbons (Fsp3) is 0.167. The summed E-state index contributed by atoms with van der Waals surface area (Å²) in [5.74, 6) is 0.243. The van der Waals surface area contributed by atoms with Gasteiger partial charge in [-0.3, -0.25) is 9.59 Å². The van der Waals surface area contributed by atoms with Crippen LogP contribution in [0.1, 0.15) is 17.7 Å². The predicted molar refractivity (Wildman–Crippen MR) is 73.7 cm³/mol. The summed E-state index contributed by atoms with van der Waals surface area (Å²) in [6.07, 6.45) is -1.29. The monoisotopic (exact) mass is 318 g/mol. The molecular formula is C12H9ClF2N2O2S. The van der Waals surface area contributed by atoms with Gasteiger partial charge in [-0.25, -0.2) is 8.78 Å². The zero-order valence-corrected chi connectivity index (χ0v) is 11.5. The maximum Gasteiger partial charge on any atom is 0.313 e. The van der Waals surface area contributed by atoms with Crippen LogP contribution in [0.2, 0.25) is 5.02 Å². The first-order chi connectivity index (χ1) is 9.47. The summed E-state index contributed by atoms with van der Waals surface area (Å²) in [5, 5.41) is 0.238. The predicted octanol–water partition coefficient (Wildman–Crippen LogP) is 2.95. The van der Waals surface area contributed by atoms with E-state index in [0.717, 1.165) is 11.8 Å². The van der Waals surface area contributed by atoms with E-state index in [1.54, 1.807) is 0 Å². The van der Waals surface area contributed by atoms with Crippen LogP contribution in [-0.4, -0.2) is 9.97 Å². The van der Waals surface area contributed by atoms with Crippen molar-refractivity contribution in [3.8, 4) is 0 Å². The third-order valence-electron chi connectivity index (χ3n) is 2.45. The van der Waals surface area contributed by atoms with Gasteiger partial charge in [0.2, 0.25) is 0 Å². The molecule has 1 heterocycles. The fourth-order valence-electron chi connectivity index (χ4n) is 1.51. The molecule has 2 aromatic rings. The third-order valence-corrected chi connectivity index (χ3v) is 3.82. The highest BCUT2D eigenvalue weighted by atomic mass is 35.5. The van der Waals surface area contributed by atoms with E-state index in [4.69, 9.17) is 11.6 Å². The highest BCUT2D eigenvalue weighted by Crippen LogP contribution is 2.33. The molecule has 20 heavy (non-hydrogen) atoms. The second-order valence-corrected chi connectivity index (χ2v) is 5.32. The fourth-order valence-corrected chi connectivity index (χ4v) is 2.64. The number of alkyl halides is 2. The van der Waals surface area contributed by atoms with Crippen LogP contribution in [0.5, 0.6) is 0 Å². The van der Waals surface area contributed by atoms with Crippen molar-refractivity contribution in [3.63, 3.8) is 0 Å². The molecule has 106 valence electrons. The second kappa shape index (κ2) is 6.23. The minimum Gasteiger partial charge on any atom is -0.323 e. The summed E-state index contributed by atoms with van der Waals surface area (Å²) in [7, 11) is 0. The van der Waals surface area contributed by atoms with Gasteiger partial charge in [-0.1, -0.05) is 11.6 Å². The van der Waals surface area contributed by atoms with Crippen molar-refractivity contribution in [2.45, 2.75) is 17.1 Å². The first-order valence-electron chi connectivity index (χ1n) is 5.48. The molecule has 8 heteroatoms. The van der Waals surface area contributed by atoms with Gasteiger partial charge in [-0.15, -0.1) is 11.8 Å². The molecule has 4 nitrogen and oxygen atoms in total. The van der Waals surface area contributed by atoms with Crippen LogP contribution in [0.4, 0.5) is 8.78 Å². The molecule has 0 amide bonds. The average Bonchev–Trinajstić information content (AvgIpc) is 2.41. The van der Waals surface area contributed by atoms with Crippen LogP contribution >= 0.6 is 23.4 Å². The molecule has 2 N–H and O–H groups in total. The lowest BCUT2D eigenvalue weighted by atomic mass is 10.2. The lowest BCUT2D eigenvalue weighted by Crippen LogP contribution is -2.29. The van der Waals surface area contributed by atoms with E-state index in [2.05, 4.69) is 9.97 Å². The van der Waals surface area contributed by atoms with E-state index in [1.165, 1.54) is 24.4 Å². The van der Waals surface area contributed by atoms with Gasteiger partial charge in [0.25, 0.3) is 6.43 Å². The van der Waals surface area contributed by atoms with Crippen LogP contribution in [0.15, 0.2) is 38.9 Å². The van der Waals surface area contributed by atoms with Crippen molar-refractivity contribution >= 4 is 23.4 Å². The number of thioether (sulfide) groups is 1. The molecule has 1 aromatic heterocycles. The largest absolute Gasteiger partial charge is 0.323 e. The molecule has 0 saturated heterocycles. The summed E-state index contributed by atoms with van der Waals surface area (Å²) < 4.78 is 25.7. The summed E-state index contributed by atoms with van der Waals surface area (Å²) in [6.45, 7) is 0. The van der Waals surface area contributed by atoms with Crippen molar-refractivity contribution in [3.05, 3.63) is 61.4 Å². The zero-order valence-electron chi connectivity index (χ0n) is 9.95. The van der Waals surface area contributed by atoms with E-state index in [-0.39, 0.29) is 16.3 Å². The Morgan fingerprint density at radius 3 is 2.65 bits per heavy atom. The van der Waals surface area contributed by atoms with Gasteiger partial charge >= 0.3 is 11.1 Å². The van der Waals surface area contributed by atoms with Gasteiger partial charge in [0.05, 0.1) is 0 Å². The number of nitrogens with one attached hydrogen (secondary N) is 2. The highest BCUT2D eigenvalue weighted by molar-refractivity contribution is 7.98. The van der Waals surface area contributed by atoms with Crippen LogP contribution in [0.25, 0.3) is 0 Å². The minimum absolute atomic E-state index is 0.158. The quantitative estimate of drug-likeness (QED) is 0.673. The van der Waals surface area contributed by atoms with Crippen LogP contribution in [-0.2, 0) is 5.75 Å². The van der Waals surface area contributed by atoms with Gasteiger partial charge in [0.1, 0.15) is 0 Å². The van der Waals surface area contributed by atoms with E-state index >= 15 is 0 Å².